The molecule has 0 radical (unpaired) electrons. The van der Waals surface area contributed by atoms with Gasteiger partial charge >= 0.3 is 0 Å². The van der Waals surface area contributed by atoms with Crippen molar-refractivity contribution in [1.29, 1.82) is 0 Å². The minimum Gasteiger partial charge on any atom is -0.314 e. The summed E-state index contributed by atoms with van der Waals surface area (Å²) in [6.07, 6.45) is 12.8. The van der Waals surface area contributed by atoms with E-state index in [0.29, 0.717) is 5.41 Å². The van der Waals surface area contributed by atoms with Crippen LogP contribution >= 0.6 is 0 Å². The Bertz CT molecular complexity index is 204. The van der Waals surface area contributed by atoms with Crippen LogP contribution < -0.4 is 5.32 Å². The monoisotopic (exact) mass is 193 g/mol. The topological polar surface area (TPSA) is 12.0 Å². The second-order valence-corrected chi connectivity index (χ2v) is 4.87. The molecule has 1 saturated carbocycles. The van der Waals surface area contributed by atoms with Gasteiger partial charge in [-0.25, -0.2) is 0 Å². The van der Waals surface area contributed by atoms with Crippen molar-refractivity contribution in [3.63, 3.8) is 0 Å². The molecule has 0 aromatic carbocycles. The van der Waals surface area contributed by atoms with E-state index in [0.717, 1.165) is 19.0 Å². The number of nitrogens with one attached hydrogen (secondary N) is 1. The number of rotatable bonds is 5. The summed E-state index contributed by atoms with van der Waals surface area (Å²) < 4.78 is 0. The molecule has 0 amide bonds. The molecular weight excluding hydrogens is 170 g/mol. The molecular formula is C13H23N. The lowest BCUT2D eigenvalue weighted by Gasteiger charge is -2.23. The van der Waals surface area contributed by atoms with E-state index < -0.39 is 0 Å². The summed E-state index contributed by atoms with van der Waals surface area (Å²) in [6, 6.07) is 0.760. The first-order valence-electron chi connectivity index (χ1n) is 5.87. The standard InChI is InChI=1S/C13H23N/c1-4-6-7-9-13(3)10-8-12(11-13)14-5-2/h1,12,14H,5-11H2,2-3H3. The summed E-state index contributed by atoms with van der Waals surface area (Å²) >= 11 is 0. The summed E-state index contributed by atoms with van der Waals surface area (Å²) in [4.78, 5) is 0. The molecule has 80 valence electrons. The fourth-order valence-corrected chi connectivity index (χ4v) is 2.63. The molecule has 2 unspecified atom stereocenters. The zero-order valence-electron chi connectivity index (χ0n) is 9.60. The predicted octanol–water partition coefficient (Wildman–Crippen LogP) is 2.96. The quantitative estimate of drug-likeness (QED) is 0.523. The SMILES string of the molecule is C#CCCCC1(C)CCC(NCC)C1. The molecule has 1 rings (SSSR count). The fourth-order valence-electron chi connectivity index (χ4n) is 2.63. The Hall–Kier alpha value is -0.480. The third-order valence-electron chi connectivity index (χ3n) is 3.43. The van der Waals surface area contributed by atoms with Crippen LogP contribution in [0.3, 0.4) is 0 Å². The normalized spacial score (nSPS) is 31.6. The fraction of sp³-hybridized carbons (Fsp3) is 0.846. The van der Waals surface area contributed by atoms with Crippen LogP contribution in [0, 0.1) is 17.8 Å². The zero-order valence-corrected chi connectivity index (χ0v) is 9.60. The number of hydrogen-bond acceptors (Lipinski definition) is 1. The van der Waals surface area contributed by atoms with Crippen LogP contribution in [-0.2, 0) is 0 Å². The molecule has 0 bridgehead atoms. The van der Waals surface area contributed by atoms with Crippen LogP contribution in [0.15, 0.2) is 0 Å². The van der Waals surface area contributed by atoms with Crippen molar-refractivity contribution in [1.82, 2.24) is 5.32 Å². The third-order valence-corrected chi connectivity index (χ3v) is 3.43. The molecule has 0 aromatic heterocycles. The maximum atomic E-state index is 5.27. The van der Waals surface area contributed by atoms with Gasteiger partial charge in [-0.2, -0.15) is 0 Å². The minimum absolute atomic E-state index is 0.559. The number of hydrogen-bond donors (Lipinski definition) is 1. The van der Waals surface area contributed by atoms with Gasteiger partial charge in [0.25, 0.3) is 0 Å². The van der Waals surface area contributed by atoms with Crippen LogP contribution in [-0.4, -0.2) is 12.6 Å². The van der Waals surface area contributed by atoms with E-state index in [9.17, 15) is 0 Å². The molecule has 1 fully saturated rings. The van der Waals surface area contributed by atoms with Crippen molar-refractivity contribution in [2.45, 2.75) is 58.4 Å². The Labute approximate surface area is 88.7 Å². The number of terminal acetylenes is 1. The van der Waals surface area contributed by atoms with Gasteiger partial charge in [0.15, 0.2) is 0 Å². The first kappa shape index (κ1) is 11.6. The van der Waals surface area contributed by atoms with E-state index in [-0.39, 0.29) is 0 Å². The molecule has 0 aromatic rings. The van der Waals surface area contributed by atoms with Gasteiger partial charge in [0, 0.05) is 12.5 Å². The van der Waals surface area contributed by atoms with Crippen LogP contribution in [0.1, 0.15) is 52.4 Å². The van der Waals surface area contributed by atoms with Gasteiger partial charge in [-0.15, -0.1) is 12.3 Å². The van der Waals surface area contributed by atoms with Crippen molar-refractivity contribution in [2.75, 3.05) is 6.54 Å². The van der Waals surface area contributed by atoms with Gasteiger partial charge in [0.1, 0.15) is 0 Å². The molecule has 0 spiro atoms. The largest absolute Gasteiger partial charge is 0.314 e. The van der Waals surface area contributed by atoms with Crippen molar-refractivity contribution >= 4 is 0 Å². The summed E-state index contributed by atoms with van der Waals surface area (Å²) in [5, 5.41) is 3.55. The van der Waals surface area contributed by atoms with Crippen LogP contribution in [0.4, 0.5) is 0 Å². The minimum atomic E-state index is 0.559. The van der Waals surface area contributed by atoms with Gasteiger partial charge in [-0.3, -0.25) is 0 Å². The molecule has 1 heteroatoms. The zero-order chi connectivity index (χ0) is 10.4. The lowest BCUT2D eigenvalue weighted by molar-refractivity contribution is 0.292. The molecule has 1 N–H and O–H groups in total. The smallest absolute Gasteiger partial charge is 0.00862 e. The van der Waals surface area contributed by atoms with Crippen molar-refractivity contribution < 1.29 is 0 Å². The van der Waals surface area contributed by atoms with Crippen LogP contribution in [0.25, 0.3) is 0 Å². The van der Waals surface area contributed by atoms with Gasteiger partial charge in [0.2, 0.25) is 0 Å². The van der Waals surface area contributed by atoms with Gasteiger partial charge < -0.3 is 5.32 Å². The number of unbranched alkanes of at least 4 members (excludes halogenated alkanes) is 1. The lowest BCUT2D eigenvalue weighted by Crippen LogP contribution is -2.27. The van der Waals surface area contributed by atoms with Crippen molar-refractivity contribution in [3.8, 4) is 12.3 Å². The molecule has 14 heavy (non-hydrogen) atoms. The van der Waals surface area contributed by atoms with Gasteiger partial charge in [-0.1, -0.05) is 13.8 Å². The molecule has 0 saturated heterocycles. The Kier molecular flexibility index (Phi) is 4.48. The van der Waals surface area contributed by atoms with E-state index in [2.05, 4.69) is 25.1 Å². The molecule has 1 aliphatic rings. The van der Waals surface area contributed by atoms with E-state index in [1.807, 2.05) is 0 Å². The van der Waals surface area contributed by atoms with E-state index in [4.69, 9.17) is 6.42 Å². The maximum Gasteiger partial charge on any atom is 0.00862 e. The van der Waals surface area contributed by atoms with E-state index in [1.54, 1.807) is 0 Å². The van der Waals surface area contributed by atoms with E-state index in [1.165, 1.54) is 32.1 Å². The molecule has 2 atom stereocenters. The molecule has 1 aliphatic carbocycles. The second kappa shape index (κ2) is 5.41. The average Bonchev–Trinajstić information content (AvgIpc) is 2.49. The van der Waals surface area contributed by atoms with Gasteiger partial charge in [-0.05, 0) is 44.1 Å². The Balaban J connectivity index is 2.27. The lowest BCUT2D eigenvalue weighted by atomic mass is 9.83. The molecule has 1 nitrogen and oxygen atoms in total. The molecule has 0 heterocycles. The summed E-state index contributed by atoms with van der Waals surface area (Å²) in [7, 11) is 0. The summed E-state index contributed by atoms with van der Waals surface area (Å²) in [5.74, 6) is 2.73. The predicted molar refractivity (Wildman–Crippen MR) is 62.1 cm³/mol. The highest BCUT2D eigenvalue weighted by molar-refractivity contribution is 4.91. The summed E-state index contributed by atoms with van der Waals surface area (Å²) in [6.45, 7) is 5.71. The van der Waals surface area contributed by atoms with Crippen molar-refractivity contribution in [3.05, 3.63) is 0 Å². The van der Waals surface area contributed by atoms with Crippen LogP contribution in [0.5, 0.6) is 0 Å². The Morgan fingerprint density at radius 3 is 3.00 bits per heavy atom. The Morgan fingerprint density at radius 1 is 1.57 bits per heavy atom. The Morgan fingerprint density at radius 2 is 2.36 bits per heavy atom. The average molecular weight is 193 g/mol. The highest BCUT2D eigenvalue weighted by Crippen LogP contribution is 2.41. The van der Waals surface area contributed by atoms with Crippen LogP contribution in [0.2, 0.25) is 0 Å². The summed E-state index contributed by atoms with van der Waals surface area (Å²) in [5.41, 5.74) is 0.559. The highest BCUT2D eigenvalue weighted by Gasteiger charge is 2.33. The first-order valence-corrected chi connectivity index (χ1v) is 5.87. The highest BCUT2D eigenvalue weighted by atomic mass is 14.9. The van der Waals surface area contributed by atoms with E-state index >= 15 is 0 Å². The molecule has 0 aliphatic heterocycles. The third kappa shape index (κ3) is 3.35. The second-order valence-electron chi connectivity index (χ2n) is 4.87. The van der Waals surface area contributed by atoms with Crippen molar-refractivity contribution in [2.24, 2.45) is 5.41 Å². The maximum absolute atomic E-state index is 5.27. The van der Waals surface area contributed by atoms with Gasteiger partial charge in [0.05, 0.1) is 0 Å². The first-order chi connectivity index (χ1) is 6.70.